The van der Waals surface area contributed by atoms with Gasteiger partial charge in [0.2, 0.25) is 0 Å². The van der Waals surface area contributed by atoms with Crippen molar-refractivity contribution >= 4 is 17.9 Å². The van der Waals surface area contributed by atoms with E-state index >= 15 is 0 Å². The summed E-state index contributed by atoms with van der Waals surface area (Å²) in [6.45, 7) is 21.3. The zero-order valence-electron chi connectivity index (χ0n) is 67.1. The number of aromatic carboxylic acids is 1. The van der Waals surface area contributed by atoms with Crippen LogP contribution in [0.15, 0.2) is 87.6 Å². The number of aromatic hydroxyl groups is 1. The first-order valence-corrected chi connectivity index (χ1v) is 37.0. The van der Waals surface area contributed by atoms with Crippen LogP contribution in [0.2, 0.25) is 0 Å². The SMILES string of the molecule is C.CCC1CC(OC)C1.CCOC(=O)c1cn2c(cc1=O)-c1cc(OC)c(O)cc1CC2C(C)(C)COC.CCOC(=O)c1cn2c(cc1=O)-c1cc(OC)c(OCC3CC(OC)C3)cc1CC2C(C)(C)COC.COCC(C)(C)C1Cc2cc(OCC3CC(OC)C3)c(OC)cc2-c2cc(=O)c(C(=O)O)cn21.[Na+].[OH-]. The summed E-state index contributed by atoms with van der Waals surface area (Å²) in [5, 5.41) is 19.8. The molecule has 6 aromatic rings. The number of aromatic nitrogens is 3. The molecule has 3 aromatic carbocycles. The molecule has 3 unspecified atom stereocenters. The summed E-state index contributed by atoms with van der Waals surface area (Å²) in [6, 6.07) is 15.3. The maximum atomic E-state index is 13.0. The first-order valence-electron chi connectivity index (χ1n) is 37.0. The van der Waals surface area contributed by atoms with Crippen LogP contribution in [0.5, 0.6) is 34.5 Å². The van der Waals surface area contributed by atoms with Crippen LogP contribution in [-0.2, 0) is 57.2 Å². The molecular formula is C84H116N3NaO22. The van der Waals surface area contributed by atoms with Crippen LogP contribution < -0.4 is 69.5 Å². The molecule has 3 saturated carbocycles. The number of pyridine rings is 3. The quantitative estimate of drug-likeness (QED) is 0.0357. The molecule has 6 heterocycles. The number of carboxylic acid groups (broad SMARTS) is 1. The van der Waals surface area contributed by atoms with Crippen molar-refractivity contribution in [2.45, 2.75) is 170 Å². The number of carboxylic acids is 1. The molecule has 3 aliphatic carbocycles. The third-order valence-corrected chi connectivity index (χ3v) is 22.1. The smallest absolute Gasteiger partial charge is 0.870 e. The Balaban J connectivity index is 0.000000242. The number of carbonyl (C=O) groups excluding carboxylic acids is 2. The number of fused-ring (bicyclic) bond motifs is 9. The van der Waals surface area contributed by atoms with Crippen molar-refractivity contribution in [2.75, 3.05) is 110 Å². The van der Waals surface area contributed by atoms with E-state index in [2.05, 4.69) is 48.5 Å². The summed E-state index contributed by atoms with van der Waals surface area (Å²) >= 11 is 0. The number of hydrogen-bond acceptors (Lipinski definition) is 21. The van der Waals surface area contributed by atoms with Crippen molar-refractivity contribution < 1.29 is 121 Å². The molecule has 3 N–H and O–H groups in total. The molecule has 0 bridgehead atoms. The van der Waals surface area contributed by atoms with Crippen LogP contribution in [0.25, 0.3) is 33.8 Å². The number of benzene rings is 3. The van der Waals surface area contributed by atoms with Gasteiger partial charge in [0.05, 0.1) is 103 Å². The van der Waals surface area contributed by atoms with E-state index in [1.54, 1.807) is 95.3 Å². The van der Waals surface area contributed by atoms with Gasteiger partial charge in [0.25, 0.3) is 0 Å². The van der Waals surface area contributed by atoms with Crippen LogP contribution in [0.3, 0.4) is 0 Å². The normalized spacial score (nSPS) is 20.1. The van der Waals surface area contributed by atoms with E-state index < -0.39 is 28.8 Å². The summed E-state index contributed by atoms with van der Waals surface area (Å²) in [6.07, 6.45) is 15.7. The number of phenols is 1. The molecule has 600 valence electrons. The predicted molar refractivity (Wildman–Crippen MR) is 414 cm³/mol. The van der Waals surface area contributed by atoms with E-state index in [0.717, 1.165) is 70.7 Å². The number of nitrogens with zero attached hydrogens (tertiary/aromatic N) is 3. The van der Waals surface area contributed by atoms with E-state index in [-0.39, 0.29) is 118 Å². The fraction of sp³-hybridized carbons (Fsp3) is 0.571. The zero-order valence-corrected chi connectivity index (χ0v) is 69.1. The van der Waals surface area contributed by atoms with Crippen LogP contribution in [0, 0.1) is 34.0 Å². The van der Waals surface area contributed by atoms with Crippen LogP contribution in [-0.4, -0.2) is 176 Å². The van der Waals surface area contributed by atoms with Gasteiger partial charge in [-0.3, -0.25) is 14.4 Å². The number of hydrogen-bond donors (Lipinski definition) is 2. The van der Waals surface area contributed by atoms with E-state index in [9.17, 15) is 39.0 Å². The standard InChI is InChI=1S/C28H37NO7.C26H33NO7.C22H27NO6.C7H14O.CH4.Na.H2O/c1-7-35-27(31)21-14-29-22(13-23(21)30)20-12-24(34-6)25(36-15-17-8-19(9-17)33-5)10-18(20)11-26(29)28(2,3)16-32-4;1-26(2,14-31-3)24-9-16-8-23(34-13-15-6-17(7-15)32-4)22(33-5)10-18(16)20-11-21(28)19(25(29)30)12-27(20)24;1-6-29-21(26)15-11-23-16(10-17(15)24)14-9-19(28-5)18(25)7-13(14)8-20(23)22(2,3)12-27-4;1-3-6-4-7(5-6)8-2;;;/h10,12-14,17,19,26H,7-9,11,15-16H2,1-6H3;8,10-12,15,17,24H,6-7,9,13-14H2,1-5H3,(H,29,30);7,9-11,20,25H,6,8,12H2,1-5H3;6-7H,3-5H2,1-2H3;1H4;;1H2/q;;;;;+1;/p-1. The number of ether oxygens (including phenoxy) is 13. The first kappa shape index (κ1) is 91.3. The van der Waals surface area contributed by atoms with Gasteiger partial charge >= 0.3 is 47.5 Å². The summed E-state index contributed by atoms with van der Waals surface area (Å²) in [7, 11) is 14.9. The number of esters is 2. The van der Waals surface area contributed by atoms with Gasteiger partial charge in [0, 0.05) is 131 Å². The second-order valence-corrected chi connectivity index (χ2v) is 30.8. The second-order valence-electron chi connectivity index (χ2n) is 30.8. The number of phenolic OH excluding ortho intramolecular Hbond substituents is 1. The zero-order chi connectivity index (χ0) is 78.0. The van der Waals surface area contributed by atoms with Crippen molar-refractivity contribution in [1.82, 2.24) is 13.7 Å². The second kappa shape index (κ2) is 39.8. The largest absolute Gasteiger partial charge is 1.00 e. The molecule has 25 nitrogen and oxygen atoms in total. The summed E-state index contributed by atoms with van der Waals surface area (Å²) in [5.41, 5.74) is 5.14. The van der Waals surface area contributed by atoms with E-state index in [0.29, 0.717) is 123 Å². The van der Waals surface area contributed by atoms with Gasteiger partial charge in [-0.2, -0.15) is 0 Å². The minimum atomic E-state index is -1.23. The Morgan fingerprint density at radius 1 is 0.445 bits per heavy atom. The minimum absolute atomic E-state index is 0. The molecule has 0 radical (unpaired) electrons. The molecule has 0 saturated heterocycles. The summed E-state index contributed by atoms with van der Waals surface area (Å²) < 4.78 is 77.3. The van der Waals surface area contributed by atoms with E-state index in [1.165, 1.54) is 50.8 Å². The molecular weight excluding hydrogens is 1430 g/mol. The maximum absolute atomic E-state index is 13.0. The van der Waals surface area contributed by atoms with Gasteiger partial charge in [-0.1, -0.05) is 62.3 Å². The molecule has 3 atom stereocenters. The Morgan fingerprint density at radius 2 is 0.755 bits per heavy atom. The Kier molecular flexibility index (Phi) is 33.0. The number of carbonyl (C=O) groups is 3. The van der Waals surface area contributed by atoms with Gasteiger partial charge in [0.1, 0.15) is 16.7 Å². The van der Waals surface area contributed by atoms with Crippen LogP contribution in [0.4, 0.5) is 0 Å². The van der Waals surface area contributed by atoms with Gasteiger partial charge in [-0.25, -0.2) is 14.4 Å². The summed E-state index contributed by atoms with van der Waals surface area (Å²) in [4.78, 5) is 74.8. The fourth-order valence-electron chi connectivity index (χ4n) is 15.6. The average Bonchev–Trinajstić information content (AvgIpc) is 0.750. The van der Waals surface area contributed by atoms with Crippen molar-refractivity contribution in [3.63, 3.8) is 0 Å². The van der Waals surface area contributed by atoms with Gasteiger partial charge in [0.15, 0.2) is 50.8 Å². The van der Waals surface area contributed by atoms with Gasteiger partial charge in [-0.05, 0) is 142 Å². The van der Waals surface area contributed by atoms with Crippen molar-refractivity contribution in [1.29, 1.82) is 0 Å². The Morgan fingerprint density at radius 3 is 1.05 bits per heavy atom. The monoisotopic (exact) mass is 1540 g/mol. The molecule has 3 aromatic heterocycles. The molecule has 6 aliphatic rings. The van der Waals surface area contributed by atoms with Crippen molar-refractivity contribution in [3.8, 4) is 68.3 Å². The maximum Gasteiger partial charge on any atom is 1.00 e. The van der Waals surface area contributed by atoms with Gasteiger partial charge < -0.3 is 91.0 Å². The predicted octanol–water partition coefficient (Wildman–Crippen LogP) is 10.5. The first-order chi connectivity index (χ1) is 51.0. The van der Waals surface area contributed by atoms with E-state index in [1.807, 2.05) is 38.0 Å². The topological polar surface area (TPSA) is 308 Å². The van der Waals surface area contributed by atoms with E-state index in [4.69, 9.17) is 61.6 Å². The van der Waals surface area contributed by atoms with Crippen LogP contribution >= 0.6 is 0 Å². The minimum Gasteiger partial charge on any atom is -0.870 e. The molecule has 110 heavy (non-hydrogen) atoms. The van der Waals surface area contributed by atoms with Crippen molar-refractivity contribution in [2.24, 2.45) is 34.0 Å². The number of rotatable bonds is 27. The third-order valence-electron chi connectivity index (χ3n) is 22.1. The average molecular weight is 1540 g/mol. The Labute approximate surface area is 669 Å². The third kappa shape index (κ3) is 20.4. The molecule has 3 fully saturated rings. The fourth-order valence-corrected chi connectivity index (χ4v) is 15.6. The molecule has 0 amide bonds. The number of methoxy groups -OCH3 is 9. The Bertz CT molecular complexity index is 4310. The van der Waals surface area contributed by atoms with Crippen molar-refractivity contribution in [3.05, 3.63) is 137 Å². The molecule has 0 spiro atoms. The molecule has 12 rings (SSSR count). The van der Waals surface area contributed by atoms with Gasteiger partial charge in [-0.15, -0.1) is 0 Å². The Hall–Kier alpha value is -7.56. The van der Waals surface area contributed by atoms with Crippen LogP contribution in [0.1, 0.15) is 181 Å². The molecule has 26 heteroatoms. The molecule has 3 aliphatic heterocycles. The summed E-state index contributed by atoms with van der Waals surface area (Å²) in [5.74, 6) is 2.34.